The van der Waals surface area contributed by atoms with E-state index in [0.717, 1.165) is 77.0 Å². The number of unbranched alkanes of at least 4 members (excludes halogenated alkanes) is 45. The van der Waals surface area contributed by atoms with Crippen LogP contribution in [0.5, 0.6) is 0 Å². The lowest BCUT2D eigenvalue weighted by Gasteiger charge is -2.18. The van der Waals surface area contributed by atoms with Crippen LogP contribution in [0, 0.1) is 0 Å². The Labute approximate surface area is 486 Å². The van der Waals surface area contributed by atoms with Gasteiger partial charge in [0.1, 0.15) is 13.2 Å². The summed E-state index contributed by atoms with van der Waals surface area (Å²) in [5.74, 6) is -0.869. The molecule has 0 aliphatic heterocycles. The minimum Gasteiger partial charge on any atom is -0.462 e. The molecule has 78 heavy (non-hydrogen) atoms. The maximum Gasteiger partial charge on any atom is 0.306 e. The van der Waals surface area contributed by atoms with Gasteiger partial charge in [-0.05, 0) is 103 Å². The Bertz CT molecular complexity index is 1350. The third kappa shape index (κ3) is 64.2. The van der Waals surface area contributed by atoms with Gasteiger partial charge in [0.05, 0.1) is 0 Å². The molecule has 6 heteroatoms. The quantitative estimate of drug-likeness (QED) is 0.0261. The summed E-state index contributed by atoms with van der Waals surface area (Å²) in [5, 5.41) is 0. The van der Waals surface area contributed by atoms with Gasteiger partial charge in [0.15, 0.2) is 6.10 Å². The van der Waals surface area contributed by atoms with Crippen molar-refractivity contribution in [1.29, 1.82) is 0 Å². The van der Waals surface area contributed by atoms with Crippen LogP contribution in [0.25, 0.3) is 0 Å². The molecule has 0 rings (SSSR count). The fourth-order valence-electron chi connectivity index (χ4n) is 10.3. The Balaban J connectivity index is 4.26. The van der Waals surface area contributed by atoms with E-state index in [1.807, 2.05) is 0 Å². The Morgan fingerprint density at radius 3 is 0.731 bits per heavy atom. The highest BCUT2D eigenvalue weighted by molar-refractivity contribution is 5.71. The molecule has 0 aromatic rings. The molecular weight excluding hydrogens is 961 g/mol. The Morgan fingerprint density at radius 1 is 0.256 bits per heavy atom. The summed E-state index contributed by atoms with van der Waals surface area (Å²) in [7, 11) is 0. The number of carbonyl (C=O) groups is 3. The van der Waals surface area contributed by atoms with Crippen molar-refractivity contribution in [2.75, 3.05) is 13.2 Å². The Hall–Kier alpha value is -2.63. The smallest absolute Gasteiger partial charge is 0.306 e. The van der Waals surface area contributed by atoms with Crippen molar-refractivity contribution in [3.63, 3.8) is 0 Å². The van der Waals surface area contributed by atoms with E-state index in [2.05, 4.69) is 69.4 Å². The van der Waals surface area contributed by atoms with Crippen molar-refractivity contribution < 1.29 is 28.6 Å². The van der Waals surface area contributed by atoms with Crippen LogP contribution in [0.15, 0.2) is 48.6 Å². The second-order valence-electron chi connectivity index (χ2n) is 23.4. The van der Waals surface area contributed by atoms with Crippen LogP contribution in [0.1, 0.15) is 374 Å². The third-order valence-electron chi connectivity index (χ3n) is 15.5. The topological polar surface area (TPSA) is 78.9 Å². The molecule has 0 spiro atoms. The minimum absolute atomic E-state index is 0.0758. The highest BCUT2D eigenvalue weighted by atomic mass is 16.6. The summed E-state index contributed by atoms with van der Waals surface area (Å²) in [6.07, 6.45) is 84.2. The average Bonchev–Trinajstić information content (AvgIpc) is 3.44. The molecule has 6 nitrogen and oxygen atoms in total. The van der Waals surface area contributed by atoms with E-state index in [4.69, 9.17) is 14.2 Å². The van der Waals surface area contributed by atoms with E-state index in [9.17, 15) is 14.4 Å². The molecule has 0 aliphatic carbocycles. The molecule has 456 valence electrons. The van der Waals surface area contributed by atoms with Gasteiger partial charge in [-0.1, -0.05) is 301 Å². The first-order valence-electron chi connectivity index (χ1n) is 34.6. The molecule has 0 radical (unpaired) electrons. The molecule has 0 aromatic carbocycles. The van der Waals surface area contributed by atoms with Crippen LogP contribution < -0.4 is 0 Å². The van der Waals surface area contributed by atoms with Crippen LogP contribution in [0.2, 0.25) is 0 Å². The summed E-state index contributed by atoms with van der Waals surface area (Å²) < 4.78 is 17.0. The summed E-state index contributed by atoms with van der Waals surface area (Å²) >= 11 is 0. The molecule has 0 heterocycles. The zero-order valence-corrected chi connectivity index (χ0v) is 52.5. The SMILES string of the molecule is CCCCCC/C=C\C/C=C\CCCCCCCCCC(=O)OC(COC(=O)CCCCCCC/C=C\CCCCCCCC)COC(=O)CCCCCCCCCCCCCCCCC/C=C\CCCCCCCCCC. The fourth-order valence-corrected chi connectivity index (χ4v) is 10.3. The molecule has 0 saturated heterocycles. The van der Waals surface area contributed by atoms with E-state index >= 15 is 0 Å². The first kappa shape index (κ1) is 75.4. The number of ether oxygens (including phenoxy) is 3. The number of hydrogen-bond acceptors (Lipinski definition) is 6. The molecule has 1 unspecified atom stereocenters. The van der Waals surface area contributed by atoms with Crippen molar-refractivity contribution in [2.45, 2.75) is 380 Å². The van der Waals surface area contributed by atoms with Crippen molar-refractivity contribution in [2.24, 2.45) is 0 Å². The number of hydrogen-bond donors (Lipinski definition) is 0. The monoisotopic (exact) mass is 1090 g/mol. The van der Waals surface area contributed by atoms with Gasteiger partial charge in [-0.2, -0.15) is 0 Å². The number of rotatable bonds is 64. The molecular formula is C72H132O6. The van der Waals surface area contributed by atoms with E-state index in [1.54, 1.807) is 0 Å². The van der Waals surface area contributed by atoms with Crippen molar-refractivity contribution in [3.05, 3.63) is 48.6 Å². The second kappa shape index (κ2) is 66.9. The highest BCUT2D eigenvalue weighted by Crippen LogP contribution is 2.17. The highest BCUT2D eigenvalue weighted by Gasteiger charge is 2.19. The fraction of sp³-hybridized carbons (Fsp3) is 0.847. The Kier molecular flexibility index (Phi) is 64.6. The standard InChI is InChI=1S/C72H132O6/c1-4-7-10-13-16-19-22-25-28-30-32-33-34-35-36-37-38-39-40-42-44-47-50-53-56-59-62-65-71(74)77-68-69(67-76-70(73)64-61-58-55-52-49-46-43-27-24-21-18-15-12-9-6-3)78-72(75)66-63-60-57-54-51-48-45-41-31-29-26-23-20-17-14-11-8-5-2/h20,23,27,29-32,43,69H,4-19,21-22,24-26,28,33-42,44-68H2,1-3H3/b23-20-,31-29-,32-30-,43-27-. The zero-order valence-electron chi connectivity index (χ0n) is 52.5. The number of esters is 3. The van der Waals surface area contributed by atoms with E-state index < -0.39 is 6.10 Å². The lowest BCUT2D eigenvalue weighted by molar-refractivity contribution is -0.167. The largest absolute Gasteiger partial charge is 0.462 e. The average molecular weight is 1090 g/mol. The summed E-state index contributed by atoms with van der Waals surface area (Å²) in [4.78, 5) is 38.4. The van der Waals surface area contributed by atoms with Crippen LogP contribution >= 0.6 is 0 Å². The van der Waals surface area contributed by atoms with Crippen LogP contribution in [0.4, 0.5) is 0 Å². The van der Waals surface area contributed by atoms with Crippen molar-refractivity contribution in [3.8, 4) is 0 Å². The molecule has 0 aliphatic rings. The second-order valence-corrected chi connectivity index (χ2v) is 23.4. The third-order valence-corrected chi connectivity index (χ3v) is 15.5. The Morgan fingerprint density at radius 2 is 0.462 bits per heavy atom. The lowest BCUT2D eigenvalue weighted by atomic mass is 10.0. The molecule has 0 bridgehead atoms. The van der Waals surface area contributed by atoms with Gasteiger partial charge >= 0.3 is 17.9 Å². The van der Waals surface area contributed by atoms with Gasteiger partial charge in [0.25, 0.3) is 0 Å². The maximum atomic E-state index is 12.9. The minimum atomic E-state index is -0.781. The summed E-state index contributed by atoms with van der Waals surface area (Å²) in [5.41, 5.74) is 0. The van der Waals surface area contributed by atoms with E-state index in [-0.39, 0.29) is 31.1 Å². The molecule has 0 aromatic heterocycles. The number of carbonyl (C=O) groups excluding carboxylic acids is 3. The van der Waals surface area contributed by atoms with Gasteiger partial charge in [-0.15, -0.1) is 0 Å². The van der Waals surface area contributed by atoms with Gasteiger partial charge in [0.2, 0.25) is 0 Å². The zero-order chi connectivity index (χ0) is 56.4. The number of allylic oxidation sites excluding steroid dienone is 8. The predicted molar refractivity (Wildman–Crippen MR) is 339 cm³/mol. The first-order valence-corrected chi connectivity index (χ1v) is 34.6. The molecule has 0 amide bonds. The predicted octanol–water partition coefficient (Wildman–Crippen LogP) is 23.7. The van der Waals surface area contributed by atoms with Crippen LogP contribution in [0.3, 0.4) is 0 Å². The van der Waals surface area contributed by atoms with Crippen molar-refractivity contribution >= 4 is 17.9 Å². The molecule has 0 N–H and O–H groups in total. The maximum absolute atomic E-state index is 12.9. The molecule has 0 saturated carbocycles. The summed E-state index contributed by atoms with van der Waals surface area (Å²) in [6, 6.07) is 0. The van der Waals surface area contributed by atoms with Crippen LogP contribution in [-0.4, -0.2) is 37.2 Å². The normalized spacial score (nSPS) is 12.3. The van der Waals surface area contributed by atoms with E-state index in [1.165, 1.54) is 257 Å². The van der Waals surface area contributed by atoms with Crippen LogP contribution in [-0.2, 0) is 28.6 Å². The summed E-state index contributed by atoms with van der Waals surface area (Å²) in [6.45, 7) is 6.66. The first-order chi connectivity index (χ1) is 38.5. The molecule has 0 fully saturated rings. The van der Waals surface area contributed by atoms with Gasteiger partial charge < -0.3 is 14.2 Å². The van der Waals surface area contributed by atoms with E-state index in [0.29, 0.717) is 19.3 Å². The van der Waals surface area contributed by atoms with Crippen molar-refractivity contribution in [1.82, 2.24) is 0 Å². The molecule has 1 atom stereocenters. The van der Waals surface area contributed by atoms with Gasteiger partial charge in [0, 0.05) is 19.3 Å². The van der Waals surface area contributed by atoms with Gasteiger partial charge in [-0.25, -0.2) is 0 Å². The van der Waals surface area contributed by atoms with Gasteiger partial charge in [-0.3, -0.25) is 14.4 Å². The lowest BCUT2D eigenvalue weighted by Crippen LogP contribution is -2.30.